The molecule has 0 radical (unpaired) electrons. The molecule has 2 rings (SSSR count). The smallest absolute Gasteiger partial charge is 0.259 e. The molecule has 0 spiro atoms. The quantitative estimate of drug-likeness (QED) is 0.770. The molecule has 7 heteroatoms. The van der Waals surface area contributed by atoms with Gasteiger partial charge in [-0.05, 0) is 42.3 Å². The number of aryl methyl sites for hydroxylation is 1. The van der Waals surface area contributed by atoms with E-state index in [1.807, 2.05) is 6.07 Å². The molecule has 0 fully saturated rings. The molecule has 0 bridgehead atoms. The van der Waals surface area contributed by atoms with E-state index in [1.165, 1.54) is 4.90 Å². The minimum absolute atomic E-state index is 0.0287. The summed E-state index contributed by atoms with van der Waals surface area (Å²) >= 11 is 12.1. The minimum Gasteiger partial charge on any atom is -0.484 e. The molecular formula is C19H20Cl2N2O3. The van der Waals surface area contributed by atoms with E-state index in [-0.39, 0.29) is 24.8 Å². The van der Waals surface area contributed by atoms with Crippen LogP contribution in [0, 0.1) is 0 Å². The van der Waals surface area contributed by atoms with E-state index >= 15 is 0 Å². The largest absolute Gasteiger partial charge is 0.484 e. The molecule has 0 aliphatic carbocycles. The van der Waals surface area contributed by atoms with Gasteiger partial charge in [0.1, 0.15) is 5.75 Å². The fraction of sp³-hybridized carbons (Fsp3) is 0.263. The van der Waals surface area contributed by atoms with Gasteiger partial charge >= 0.3 is 0 Å². The van der Waals surface area contributed by atoms with Gasteiger partial charge in [0.25, 0.3) is 5.91 Å². The standard InChI is InChI=1S/C19H20Cl2N2O3/c1-23(2)18(25)12-26-15-9-7-14(8-10-15)22-17(24)11-6-13-4-3-5-16(20)19(13)21/h3-5,7-10H,6,11-12H2,1-2H3,(H,22,24). The Balaban J connectivity index is 1.83. The lowest BCUT2D eigenvalue weighted by atomic mass is 10.1. The van der Waals surface area contributed by atoms with Crippen molar-refractivity contribution in [3.63, 3.8) is 0 Å². The predicted molar refractivity (Wildman–Crippen MR) is 104 cm³/mol. The summed E-state index contributed by atoms with van der Waals surface area (Å²) in [5, 5.41) is 3.77. The Morgan fingerprint density at radius 1 is 1.08 bits per heavy atom. The van der Waals surface area contributed by atoms with Crippen molar-refractivity contribution in [3.8, 4) is 5.75 Å². The Hall–Kier alpha value is -2.24. The molecular weight excluding hydrogens is 375 g/mol. The number of rotatable bonds is 7. The normalized spacial score (nSPS) is 10.3. The maximum atomic E-state index is 12.1. The van der Waals surface area contributed by atoms with Gasteiger partial charge in [0.05, 0.1) is 10.0 Å². The maximum absolute atomic E-state index is 12.1. The summed E-state index contributed by atoms with van der Waals surface area (Å²) in [6.45, 7) is -0.0287. The topological polar surface area (TPSA) is 58.6 Å². The number of amides is 2. The molecule has 26 heavy (non-hydrogen) atoms. The third-order valence-corrected chi connectivity index (χ3v) is 4.51. The first-order valence-corrected chi connectivity index (χ1v) is 8.78. The molecule has 2 aromatic rings. The van der Waals surface area contributed by atoms with Gasteiger partial charge in [0.2, 0.25) is 5.91 Å². The van der Waals surface area contributed by atoms with Crippen LogP contribution in [0.15, 0.2) is 42.5 Å². The summed E-state index contributed by atoms with van der Waals surface area (Å²) < 4.78 is 5.39. The lowest BCUT2D eigenvalue weighted by molar-refractivity contribution is -0.130. The van der Waals surface area contributed by atoms with Crippen molar-refractivity contribution in [2.75, 3.05) is 26.0 Å². The SMILES string of the molecule is CN(C)C(=O)COc1ccc(NC(=O)CCc2cccc(Cl)c2Cl)cc1. The van der Waals surface area contributed by atoms with Gasteiger partial charge in [0, 0.05) is 26.2 Å². The Kier molecular flexibility index (Phi) is 7.30. The first-order chi connectivity index (χ1) is 12.4. The number of likely N-dealkylation sites (N-methyl/N-ethyl adjacent to an activating group) is 1. The second-order valence-corrected chi connectivity index (χ2v) is 6.65. The van der Waals surface area contributed by atoms with Crippen molar-refractivity contribution in [2.45, 2.75) is 12.8 Å². The molecule has 0 aliphatic rings. The molecule has 138 valence electrons. The summed E-state index contributed by atoms with van der Waals surface area (Å²) in [6.07, 6.45) is 0.786. The summed E-state index contributed by atoms with van der Waals surface area (Å²) in [4.78, 5) is 25.0. The predicted octanol–water partition coefficient (Wildman–Crippen LogP) is 4.03. The Morgan fingerprint density at radius 3 is 2.42 bits per heavy atom. The van der Waals surface area contributed by atoms with Gasteiger partial charge in [-0.3, -0.25) is 9.59 Å². The van der Waals surface area contributed by atoms with Crippen LogP contribution < -0.4 is 10.1 Å². The van der Waals surface area contributed by atoms with Gasteiger partial charge in [-0.15, -0.1) is 0 Å². The molecule has 2 amide bonds. The monoisotopic (exact) mass is 394 g/mol. The van der Waals surface area contributed by atoms with E-state index in [1.54, 1.807) is 50.5 Å². The first kappa shape index (κ1) is 20.1. The highest BCUT2D eigenvalue weighted by Gasteiger charge is 2.09. The third kappa shape index (κ3) is 5.93. The highest BCUT2D eigenvalue weighted by molar-refractivity contribution is 6.42. The van der Waals surface area contributed by atoms with Crippen molar-refractivity contribution < 1.29 is 14.3 Å². The minimum atomic E-state index is -0.127. The van der Waals surface area contributed by atoms with Crippen LogP contribution in [0.1, 0.15) is 12.0 Å². The fourth-order valence-electron chi connectivity index (χ4n) is 2.12. The van der Waals surface area contributed by atoms with Gasteiger partial charge in [0.15, 0.2) is 6.61 Å². The zero-order valence-corrected chi connectivity index (χ0v) is 16.1. The summed E-state index contributed by atoms with van der Waals surface area (Å²) in [5.41, 5.74) is 1.49. The second-order valence-electron chi connectivity index (χ2n) is 5.86. The second kappa shape index (κ2) is 9.46. The lowest BCUT2D eigenvalue weighted by Crippen LogP contribution is -2.27. The number of nitrogens with zero attached hydrogens (tertiary/aromatic N) is 1. The van der Waals surface area contributed by atoms with Crippen molar-refractivity contribution in [2.24, 2.45) is 0 Å². The average molecular weight is 395 g/mol. The summed E-state index contributed by atoms with van der Waals surface area (Å²) in [6, 6.07) is 12.2. The molecule has 0 atom stereocenters. The number of anilines is 1. The van der Waals surface area contributed by atoms with Gasteiger partial charge in [-0.2, -0.15) is 0 Å². The summed E-state index contributed by atoms with van der Waals surface area (Å²) in [7, 11) is 3.34. The Labute approximate surface area is 162 Å². The molecule has 0 saturated heterocycles. The van der Waals surface area contributed by atoms with Crippen molar-refractivity contribution in [1.29, 1.82) is 0 Å². The number of nitrogens with one attached hydrogen (secondary N) is 1. The van der Waals surface area contributed by atoms with Gasteiger partial charge < -0.3 is 15.0 Å². The molecule has 5 nitrogen and oxygen atoms in total. The van der Waals surface area contributed by atoms with E-state index in [2.05, 4.69) is 5.32 Å². The maximum Gasteiger partial charge on any atom is 0.259 e. The van der Waals surface area contributed by atoms with Gasteiger partial charge in [-0.25, -0.2) is 0 Å². The van der Waals surface area contributed by atoms with Crippen LogP contribution in [0.4, 0.5) is 5.69 Å². The highest BCUT2D eigenvalue weighted by Crippen LogP contribution is 2.26. The molecule has 0 saturated carbocycles. The van der Waals surface area contributed by atoms with E-state index in [0.29, 0.717) is 27.9 Å². The van der Waals surface area contributed by atoms with Crippen LogP contribution in [-0.2, 0) is 16.0 Å². The average Bonchev–Trinajstić information content (AvgIpc) is 2.62. The van der Waals surface area contributed by atoms with Crippen LogP contribution in [-0.4, -0.2) is 37.4 Å². The molecule has 0 unspecified atom stereocenters. The number of benzene rings is 2. The van der Waals surface area contributed by atoms with E-state index in [4.69, 9.17) is 27.9 Å². The lowest BCUT2D eigenvalue weighted by Gasteiger charge is -2.12. The van der Waals surface area contributed by atoms with Crippen LogP contribution in [0.2, 0.25) is 10.0 Å². The van der Waals surface area contributed by atoms with E-state index in [9.17, 15) is 9.59 Å². The number of halogens is 2. The number of hydrogen-bond donors (Lipinski definition) is 1. The van der Waals surface area contributed by atoms with Crippen molar-refractivity contribution >= 4 is 40.7 Å². The van der Waals surface area contributed by atoms with Crippen LogP contribution >= 0.6 is 23.2 Å². The van der Waals surface area contributed by atoms with Crippen LogP contribution in [0.3, 0.4) is 0 Å². The summed E-state index contributed by atoms with van der Waals surface area (Å²) in [5.74, 6) is 0.309. The van der Waals surface area contributed by atoms with Gasteiger partial charge in [-0.1, -0.05) is 35.3 Å². The number of hydrogen-bond acceptors (Lipinski definition) is 3. The Bertz CT molecular complexity index is 777. The zero-order valence-electron chi connectivity index (χ0n) is 14.6. The number of ether oxygens (including phenoxy) is 1. The fourth-order valence-corrected chi connectivity index (χ4v) is 2.54. The van der Waals surface area contributed by atoms with Crippen molar-refractivity contribution in [3.05, 3.63) is 58.1 Å². The molecule has 0 heterocycles. The van der Waals surface area contributed by atoms with Crippen molar-refractivity contribution in [1.82, 2.24) is 4.90 Å². The van der Waals surface area contributed by atoms with E-state index in [0.717, 1.165) is 5.56 Å². The molecule has 0 aromatic heterocycles. The third-order valence-electron chi connectivity index (χ3n) is 3.65. The van der Waals surface area contributed by atoms with Crippen LogP contribution in [0.5, 0.6) is 5.75 Å². The Morgan fingerprint density at radius 2 is 1.77 bits per heavy atom. The van der Waals surface area contributed by atoms with Crippen LogP contribution in [0.25, 0.3) is 0 Å². The number of carbonyl (C=O) groups excluding carboxylic acids is 2. The first-order valence-electron chi connectivity index (χ1n) is 8.02. The molecule has 0 aliphatic heterocycles. The van der Waals surface area contributed by atoms with E-state index < -0.39 is 0 Å². The highest BCUT2D eigenvalue weighted by atomic mass is 35.5. The zero-order chi connectivity index (χ0) is 19.1. The molecule has 2 aromatic carbocycles. The number of carbonyl (C=O) groups is 2. The molecule has 1 N–H and O–H groups in total.